The zero-order valence-corrected chi connectivity index (χ0v) is 15.5. The Morgan fingerprint density at radius 1 is 1.48 bits per heavy atom. The summed E-state index contributed by atoms with van der Waals surface area (Å²) >= 11 is 0. The minimum absolute atomic E-state index is 0.0315. The van der Waals surface area contributed by atoms with Crippen molar-refractivity contribution in [2.75, 3.05) is 26.2 Å². The maximum Gasteiger partial charge on any atom is 0.241 e. The molecule has 2 aliphatic rings. The molecule has 134 valence electrons. The maximum absolute atomic E-state index is 12.7. The highest BCUT2D eigenvalue weighted by atomic mass is 16.5. The SMILES string of the molecule is CCOC1CC(N)(C(=O)NC(C)CN2CCCC(C)C2)C1(C)C. The third-order valence-corrected chi connectivity index (χ3v) is 5.89. The lowest BCUT2D eigenvalue weighted by molar-refractivity contribution is -0.171. The van der Waals surface area contributed by atoms with E-state index in [0.29, 0.717) is 13.0 Å². The highest BCUT2D eigenvalue weighted by Gasteiger charge is 2.62. The van der Waals surface area contributed by atoms with Gasteiger partial charge in [-0.25, -0.2) is 0 Å². The van der Waals surface area contributed by atoms with Gasteiger partial charge in [0.1, 0.15) is 5.54 Å². The van der Waals surface area contributed by atoms with Crippen molar-refractivity contribution in [1.29, 1.82) is 0 Å². The number of nitrogens with one attached hydrogen (secondary N) is 1. The summed E-state index contributed by atoms with van der Waals surface area (Å²) in [5.74, 6) is 0.723. The molecule has 0 aromatic heterocycles. The monoisotopic (exact) mass is 325 g/mol. The Labute approximate surface area is 141 Å². The molecule has 0 radical (unpaired) electrons. The van der Waals surface area contributed by atoms with Crippen molar-refractivity contribution in [2.24, 2.45) is 17.1 Å². The Bertz CT molecular complexity index is 426. The summed E-state index contributed by atoms with van der Waals surface area (Å²) in [7, 11) is 0. The predicted octanol–water partition coefficient (Wildman–Crippen LogP) is 1.76. The van der Waals surface area contributed by atoms with Crippen LogP contribution in [-0.4, -0.2) is 54.7 Å². The zero-order valence-electron chi connectivity index (χ0n) is 15.5. The first-order valence-corrected chi connectivity index (χ1v) is 9.14. The summed E-state index contributed by atoms with van der Waals surface area (Å²) in [6.07, 6.45) is 3.25. The number of piperidine rings is 1. The van der Waals surface area contributed by atoms with Crippen LogP contribution in [0.1, 0.15) is 53.9 Å². The number of carbonyl (C=O) groups is 1. The smallest absolute Gasteiger partial charge is 0.241 e. The first-order valence-electron chi connectivity index (χ1n) is 9.14. The van der Waals surface area contributed by atoms with E-state index in [0.717, 1.165) is 25.6 Å². The van der Waals surface area contributed by atoms with Crippen LogP contribution in [0.2, 0.25) is 0 Å². The van der Waals surface area contributed by atoms with E-state index in [4.69, 9.17) is 10.5 Å². The lowest BCUT2D eigenvalue weighted by Crippen LogP contribution is -2.76. The molecule has 0 aromatic carbocycles. The molecule has 2 fully saturated rings. The fourth-order valence-electron chi connectivity index (χ4n) is 4.06. The van der Waals surface area contributed by atoms with Crippen LogP contribution in [0.3, 0.4) is 0 Å². The van der Waals surface area contributed by atoms with E-state index in [1.54, 1.807) is 0 Å². The Morgan fingerprint density at radius 3 is 2.74 bits per heavy atom. The van der Waals surface area contributed by atoms with E-state index < -0.39 is 5.54 Å². The third kappa shape index (κ3) is 3.72. The molecular weight excluding hydrogens is 290 g/mol. The molecule has 0 bridgehead atoms. The largest absolute Gasteiger partial charge is 0.378 e. The summed E-state index contributed by atoms with van der Waals surface area (Å²) in [6, 6.07) is 0.121. The number of hydrogen-bond acceptors (Lipinski definition) is 4. The van der Waals surface area contributed by atoms with Crippen LogP contribution in [-0.2, 0) is 9.53 Å². The topological polar surface area (TPSA) is 67.6 Å². The van der Waals surface area contributed by atoms with Crippen molar-refractivity contribution in [3.63, 3.8) is 0 Å². The first-order chi connectivity index (χ1) is 10.7. The van der Waals surface area contributed by atoms with Crippen molar-refractivity contribution in [1.82, 2.24) is 10.2 Å². The van der Waals surface area contributed by atoms with Gasteiger partial charge in [-0.2, -0.15) is 0 Å². The van der Waals surface area contributed by atoms with Gasteiger partial charge in [-0.1, -0.05) is 20.8 Å². The highest BCUT2D eigenvalue weighted by molar-refractivity contribution is 5.89. The zero-order chi connectivity index (χ0) is 17.3. The summed E-state index contributed by atoms with van der Waals surface area (Å²) in [4.78, 5) is 15.2. The predicted molar refractivity (Wildman–Crippen MR) is 93.2 cm³/mol. The first kappa shape index (κ1) is 18.7. The quantitative estimate of drug-likeness (QED) is 0.781. The van der Waals surface area contributed by atoms with Crippen molar-refractivity contribution >= 4 is 5.91 Å². The number of likely N-dealkylation sites (tertiary alicyclic amines) is 1. The van der Waals surface area contributed by atoms with Crippen LogP contribution in [0, 0.1) is 11.3 Å². The molecule has 0 aromatic rings. The number of hydrogen-bond donors (Lipinski definition) is 2. The second kappa shape index (κ2) is 7.08. The van der Waals surface area contributed by atoms with Crippen LogP contribution < -0.4 is 11.1 Å². The van der Waals surface area contributed by atoms with Gasteiger partial charge in [-0.15, -0.1) is 0 Å². The lowest BCUT2D eigenvalue weighted by Gasteiger charge is -2.57. The summed E-state index contributed by atoms with van der Waals surface area (Å²) in [6.45, 7) is 14.3. The molecule has 1 aliphatic carbocycles. The summed E-state index contributed by atoms with van der Waals surface area (Å²) in [5.41, 5.74) is 5.29. The number of rotatable bonds is 6. The summed E-state index contributed by atoms with van der Waals surface area (Å²) < 4.78 is 5.71. The van der Waals surface area contributed by atoms with E-state index in [2.05, 4.69) is 24.1 Å². The fourth-order valence-corrected chi connectivity index (χ4v) is 4.06. The molecule has 1 aliphatic heterocycles. The maximum atomic E-state index is 12.7. The molecule has 4 unspecified atom stereocenters. The van der Waals surface area contributed by atoms with Gasteiger partial charge in [0.05, 0.1) is 6.10 Å². The van der Waals surface area contributed by atoms with Crippen molar-refractivity contribution in [2.45, 2.75) is 71.6 Å². The normalized spacial score (nSPS) is 35.4. The molecule has 1 saturated heterocycles. The number of nitrogens with two attached hydrogens (primary N) is 1. The van der Waals surface area contributed by atoms with Gasteiger partial charge in [-0.05, 0) is 39.2 Å². The average molecular weight is 325 g/mol. The van der Waals surface area contributed by atoms with Gasteiger partial charge in [-0.3, -0.25) is 4.79 Å². The van der Waals surface area contributed by atoms with Gasteiger partial charge in [0, 0.05) is 37.6 Å². The Balaban J connectivity index is 1.86. The van der Waals surface area contributed by atoms with Gasteiger partial charge in [0.25, 0.3) is 0 Å². The van der Waals surface area contributed by atoms with Crippen molar-refractivity contribution in [3.05, 3.63) is 0 Å². The molecule has 3 N–H and O–H groups in total. The van der Waals surface area contributed by atoms with Crippen LogP contribution >= 0.6 is 0 Å². The minimum Gasteiger partial charge on any atom is -0.378 e. The Kier molecular flexibility index (Phi) is 5.75. The van der Waals surface area contributed by atoms with E-state index in [1.165, 1.54) is 12.8 Å². The number of carbonyl (C=O) groups excluding carboxylic acids is 1. The van der Waals surface area contributed by atoms with Gasteiger partial charge >= 0.3 is 0 Å². The van der Waals surface area contributed by atoms with Crippen LogP contribution in [0.5, 0.6) is 0 Å². The molecule has 1 saturated carbocycles. The van der Waals surface area contributed by atoms with Crippen LogP contribution in [0.15, 0.2) is 0 Å². The fraction of sp³-hybridized carbons (Fsp3) is 0.944. The Morgan fingerprint density at radius 2 is 2.17 bits per heavy atom. The van der Waals surface area contributed by atoms with Gasteiger partial charge < -0.3 is 20.7 Å². The molecule has 5 nitrogen and oxygen atoms in total. The average Bonchev–Trinajstić information content (AvgIpc) is 2.46. The van der Waals surface area contributed by atoms with E-state index >= 15 is 0 Å². The van der Waals surface area contributed by atoms with Crippen molar-refractivity contribution in [3.8, 4) is 0 Å². The van der Waals surface area contributed by atoms with E-state index in [-0.39, 0.29) is 23.5 Å². The number of amides is 1. The van der Waals surface area contributed by atoms with Gasteiger partial charge in [0.2, 0.25) is 5.91 Å². The molecule has 1 heterocycles. The second-order valence-electron chi connectivity index (χ2n) is 8.22. The molecule has 4 atom stereocenters. The molecular formula is C18H35N3O2. The van der Waals surface area contributed by atoms with E-state index in [1.807, 2.05) is 20.8 Å². The molecule has 5 heteroatoms. The van der Waals surface area contributed by atoms with Gasteiger partial charge in [0.15, 0.2) is 0 Å². The number of nitrogens with zero attached hydrogens (tertiary/aromatic N) is 1. The molecule has 23 heavy (non-hydrogen) atoms. The Hall–Kier alpha value is -0.650. The second-order valence-corrected chi connectivity index (χ2v) is 8.22. The van der Waals surface area contributed by atoms with Crippen molar-refractivity contribution < 1.29 is 9.53 Å². The number of ether oxygens (including phenoxy) is 1. The summed E-state index contributed by atoms with van der Waals surface area (Å²) in [5, 5.41) is 3.14. The van der Waals surface area contributed by atoms with Crippen LogP contribution in [0.4, 0.5) is 0 Å². The lowest BCUT2D eigenvalue weighted by atomic mass is 9.54. The van der Waals surface area contributed by atoms with E-state index in [9.17, 15) is 4.79 Å². The highest BCUT2D eigenvalue weighted by Crippen LogP contribution is 2.49. The third-order valence-electron chi connectivity index (χ3n) is 5.89. The minimum atomic E-state index is -0.823. The van der Waals surface area contributed by atoms with Crippen LogP contribution in [0.25, 0.3) is 0 Å². The molecule has 2 rings (SSSR count). The molecule has 1 amide bonds. The standard InChI is InChI=1S/C18H35N3O2/c1-6-23-15-10-18(19,17(15,4)5)16(22)20-14(3)12-21-9-7-8-13(2)11-21/h13-15H,6-12,19H2,1-5H3,(H,20,22). The molecule has 0 spiro atoms.